The van der Waals surface area contributed by atoms with Crippen LogP contribution in [0.4, 0.5) is 0 Å². The van der Waals surface area contributed by atoms with Crippen LogP contribution < -0.4 is 4.74 Å². The summed E-state index contributed by atoms with van der Waals surface area (Å²) < 4.78 is 7.07. The van der Waals surface area contributed by atoms with Gasteiger partial charge in [0.1, 0.15) is 16.9 Å². The maximum Gasteiger partial charge on any atom is 0.167 e. The second-order valence-corrected chi connectivity index (χ2v) is 7.89. The summed E-state index contributed by atoms with van der Waals surface area (Å²) in [6.45, 7) is 0. The van der Waals surface area contributed by atoms with Crippen molar-refractivity contribution >= 4 is 27.2 Å². The van der Waals surface area contributed by atoms with Gasteiger partial charge in [-0.25, -0.2) is 14.5 Å². The van der Waals surface area contributed by atoms with Crippen LogP contribution in [0.2, 0.25) is 0 Å². The molecule has 1 aromatic carbocycles. The number of aromatic nitrogens is 4. The summed E-state index contributed by atoms with van der Waals surface area (Å²) in [5, 5.41) is 5.89. The van der Waals surface area contributed by atoms with Gasteiger partial charge in [-0.2, -0.15) is 0 Å². The third-order valence-corrected chi connectivity index (χ3v) is 6.31. The molecule has 0 bridgehead atoms. The molecule has 0 aliphatic heterocycles. The third-order valence-electron chi connectivity index (χ3n) is 5.11. The average molecular weight is 364 g/mol. The smallest absolute Gasteiger partial charge is 0.167 e. The molecule has 5 nitrogen and oxygen atoms in total. The Kier molecular flexibility index (Phi) is 3.85. The fraction of sp³-hybridized carbons (Fsp3) is 0.350. The number of aryl methyl sites for hydroxylation is 2. The number of fused-ring (bicyclic) bond motifs is 5. The minimum absolute atomic E-state index is 0.708. The summed E-state index contributed by atoms with van der Waals surface area (Å²) >= 11 is 1.84. The van der Waals surface area contributed by atoms with E-state index >= 15 is 0 Å². The van der Waals surface area contributed by atoms with E-state index in [1.165, 1.54) is 47.1 Å². The summed E-state index contributed by atoms with van der Waals surface area (Å²) in [6, 6.07) is 8.08. The van der Waals surface area contributed by atoms with Gasteiger partial charge in [0, 0.05) is 11.3 Å². The van der Waals surface area contributed by atoms with Crippen LogP contribution >= 0.6 is 11.3 Å². The van der Waals surface area contributed by atoms with Crippen molar-refractivity contribution in [1.82, 2.24) is 19.6 Å². The Balaban J connectivity index is 1.57. The first-order valence-electron chi connectivity index (χ1n) is 9.09. The number of methoxy groups -OCH3 is 1. The van der Waals surface area contributed by atoms with Crippen LogP contribution in [0, 0.1) is 0 Å². The fourth-order valence-corrected chi connectivity index (χ4v) is 5.00. The van der Waals surface area contributed by atoms with E-state index in [9.17, 15) is 0 Å². The number of hydrogen-bond acceptors (Lipinski definition) is 5. The minimum Gasteiger partial charge on any atom is -0.497 e. The second-order valence-electron chi connectivity index (χ2n) is 6.81. The van der Waals surface area contributed by atoms with Gasteiger partial charge in [-0.3, -0.25) is 0 Å². The van der Waals surface area contributed by atoms with Gasteiger partial charge in [0.25, 0.3) is 0 Å². The minimum atomic E-state index is 0.708. The van der Waals surface area contributed by atoms with Crippen molar-refractivity contribution < 1.29 is 4.74 Å². The van der Waals surface area contributed by atoms with E-state index in [4.69, 9.17) is 9.72 Å². The van der Waals surface area contributed by atoms with Crippen LogP contribution in [0.1, 0.15) is 41.1 Å². The highest BCUT2D eigenvalue weighted by Crippen LogP contribution is 2.36. The van der Waals surface area contributed by atoms with Crippen LogP contribution in [-0.2, 0) is 19.3 Å². The predicted molar refractivity (Wildman–Crippen MR) is 103 cm³/mol. The van der Waals surface area contributed by atoms with Crippen molar-refractivity contribution in [2.45, 2.75) is 38.5 Å². The number of benzene rings is 1. The van der Waals surface area contributed by atoms with Gasteiger partial charge in [-0.15, -0.1) is 16.4 Å². The van der Waals surface area contributed by atoms with E-state index in [0.717, 1.165) is 28.5 Å². The van der Waals surface area contributed by atoms with E-state index in [2.05, 4.69) is 22.2 Å². The molecule has 0 amide bonds. The Labute approximate surface area is 155 Å². The van der Waals surface area contributed by atoms with Crippen molar-refractivity contribution in [2.75, 3.05) is 7.11 Å². The number of nitrogens with zero attached hydrogens (tertiary/aromatic N) is 4. The van der Waals surface area contributed by atoms with E-state index in [0.29, 0.717) is 6.42 Å². The van der Waals surface area contributed by atoms with Crippen LogP contribution in [0.5, 0.6) is 5.75 Å². The predicted octanol–water partition coefficient (Wildman–Crippen LogP) is 4.21. The summed E-state index contributed by atoms with van der Waals surface area (Å²) in [5.74, 6) is 1.70. The summed E-state index contributed by atoms with van der Waals surface area (Å²) in [6.07, 6.45) is 8.68. The third kappa shape index (κ3) is 2.65. The van der Waals surface area contributed by atoms with Gasteiger partial charge in [0.2, 0.25) is 0 Å². The highest BCUT2D eigenvalue weighted by Gasteiger charge is 2.19. The van der Waals surface area contributed by atoms with Crippen molar-refractivity contribution in [1.29, 1.82) is 0 Å². The Morgan fingerprint density at radius 3 is 2.81 bits per heavy atom. The topological polar surface area (TPSA) is 52.3 Å². The number of rotatable bonds is 3. The van der Waals surface area contributed by atoms with E-state index in [1.807, 2.05) is 28.0 Å². The van der Waals surface area contributed by atoms with Crippen LogP contribution in [0.3, 0.4) is 0 Å². The molecule has 0 spiro atoms. The summed E-state index contributed by atoms with van der Waals surface area (Å²) in [4.78, 5) is 12.1. The molecule has 0 unspecified atom stereocenters. The molecule has 6 heteroatoms. The number of thiophene rings is 1. The highest BCUT2D eigenvalue weighted by molar-refractivity contribution is 7.19. The van der Waals surface area contributed by atoms with E-state index in [-0.39, 0.29) is 0 Å². The van der Waals surface area contributed by atoms with Crippen molar-refractivity contribution in [2.24, 2.45) is 0 Å². The van der Waals surface area contributed by atoms with Gasteiger partial charge >= 0.3 is 0 Å². The lowest BCUT2D eigenvalue weighted by Crippen LogP contribution is -1.93. The molecule has 5 rings (SSSR count). The molecule has 0 N–H and O–H groups in total. The molecule has 1 aliphatic rings. The monoisotopic (exact) mass is 364 g/mol. The standard InChI is InChI=1S/C20H20N4OS/c1-25-14-9-7-13(8-10-14)11-17-22-19-18-15-5-3-2-4-6-16(15)26-20(18)21-12-24(19)23-17/h7-10,12H,2-6,11H2,1H3. The Morgan fingerprint density at radius 2 is 1.96 bits per heavy atom. The largest absolute Gasteiger partial charge is 0.497 e. The normalized spacial score (nSPS) is 14.5. The molecule has 0 saturated heterocycles. The van der Waals surface area contributed by atoms with Gasteiger partial charge < -0.3 is 4.74 Å². The molecule has 26 heavy (non-hydrogen) atoms. The SMILES string of the molecule is COc1ccc(Cc2nc3c4c5c(sc4ncn3n2)CCCCC5)cc1. The van der Waals surface area contributed by atoms with Gasteiger partial charge in [0.15, 0.2) is 11.5 Å². The first-order valence-corrected chi connectivity index (χ1v) is 9.91. The van der Waals surface area contributed by atoms with Gasteiger partial charge in [-0.05, 0) is 48.9 Å². The molecule has 0 atom stereocenters. The average Bonchev–Trinajstić information content (AvgIpc) is 3.15. The zero-order chi connectivity index (χ0) is 17.5. The molecule has 3 heterocycles. The molecule has 3 aromatic heterocycles. The first kappa shape index (κ1) is 15.8. The quantitative estimate of drug-likeness (QED) is 0.511. The lowest BCUT2D eigenvalue weighted by Gasteiger charge is -2.00. The highest BCUT2D eigenvalue weighted by atomic mass is 32.1. The van der Waals surface area contributed by atoms with Crippen LogP contribution in [0.25, 0.3) is 15.9 Å². The number of ether oxygens (including phenoxy) is 1. The molecule has 0 saturated carbocycles. The molecule has 132 valence electrons. The maximum atomic E-state index is 5.23. The van der Waals surface area contributed by atoms with Gasteiger partial charge in [-0.1, -0.05) is 18.6 Å². The van der Waals surface area contributed by atoms with E-state index < -0.39 is 0 Å². The molecular formula is C20H20N4OS. The number of hydrogen-bond donors (Lipinski definition) is 0. The molecule has 0 radical (unpaired) electrons. The zero-order valence-corrected chi connectivity index (χ0v) is 15.6. The van der Waals surface area contributed by atoms with Gasteiger partial charge in [0.05, 0.1) is 12.5 Å². The van der Waals surface area contributed by atoms with Crippen molar-refractivity contribution in [3.05, 3.63) is 52.4 Å². The Hall–Kier alpha value is -2.47. The van der Waals surface area contributed by atoms with Crippen LogP contribution in [0.15, 0.2) is 30.6 Å². The summed E-state index contributed by atoms with van der Waals surface area (Å²) in [7, 11) is 1.68. The fourth-order valence-electron chi connectivity index (χ4n) is 3.78. The molecule has 0 fully saturated rings. The van der Waals surface area contributed by atoms with Crippen molar-refractivity contribution in [3.8, 4) is 5.75 Å². The lowest BCUT2D eigenvalue weighted by molar-refractivity contribution is 0.414. The lowest BCUT2D eigenvalue weighted by atomic mass is 10.1. The van der Waals surface area contributed by atoms with Crippen molar-refractivity contribution in [3.63, 3.8) is 0 Å². The zero-order valence-electron chi connectivity index (χ0n) is 14.7. The molecule has 1 aliphatic carbocycles. The van der Waals surface area contributed by atoms with E-state index in [1.54, 1.807) is 13.4 Å². The Morgan fingerprint density at radius 1 is 1.12 bits per heavy atom. The summed E-state index contributed by atoms with van der Waals surface area (Å²) in [5.41, 5.74) is 3.59. The van der Waals surface area contributed by atoms with Crippen LogP contribution in [-0.4, -0.2) is 26.7 Å². The molecule has 4 aromatic rings. The molecular weight excluding hydrogens is 344 g/mol. The first-order chi connectivity index (χ1) is 12.8. The Bertz CT molecular complexity index is 1080. The second kappa shape index (κ2) is 6.36. The maximum absolute atomic E-state index is 5.23.